The molecule has 0 fully saturated rings. The molecule has 1 atom stereocenters. The van der Waals surface area contributed by atoms with E-state index < -0.39 is 5.54 Å². The summed E-state index contributed by atoms with van der Waals surface area (Å²) in [7, 11) is 3.14. The molecule has 1 unspecified atom stereocenters. The highest BCUT2D eigenvalue weighted by Crippen LogP contribution is 2.22. The molecule has 0 aliphatic rings. The lowest BCUT2D eigenvalue weighted by Gasteiger charge is -2.33. The highest BCUT2D eigenvalue weighted by Gasteiger charge is 2.33. The lowest BCUT2D eigenvalue weighted by Crippen LogP contribution is -2.52. The fourth-order valence-electron chi connectivity index (χ4n) is 2.76. The molecule has 2 N–H and O–H groups in total. The van der Waals surface area contributed by atoms with Crippen molar-refractivity contribution in [3.8, 4) is 0 Å². The van der Waals surface area contributed by atoms with Gasteiger partial charge in [0.05, 0.1) is 13.2 Å². The van der Waals surface area contributed by atoms with Gasteiger partial charge in [0.1, 0.15) is 5.54 Å². The van der Waals surface area contributed by atoms with Crippen LogP contribution in [0.1, 0.15) is 15.9 Å². The topological polar surface area (TPSA) is 78.9 Å². The van der Waals surface area contributed by atoms with Gasteiger partial charge in [-0.2, -0.15) is 0 Å². The van der Waals surface area contributed by atoms with Gasteiger partial charge in [-0.15, -0.1) is 0 Å². The number of hydrogen-bond donors (Lipinski definition) is 2. The van der Waals surface area contributed by atoms with Crippen LogP contribution >= 0.6 is 0 Å². The van der Waals surface area contributed by atoms with E-state index in [2.05, 4.69) is 11.9 Å². The number of ether oxygens (including phenoxy) is 1. The molecular weight excluding hydrogens is 344 g/mol. The van der Waals surface area contributed by atoms with E-state index in [0.29, 0.717) is 11.3 Å². The first kappa shape index (κ1) is 20.4. The maximum atomic E-state index is 12.8. The summed E-state index contributed by atoms with van der Waals surface area (Å²) in [5, 5.41) is 12.9. The summed E-state index contributed by atoms with van der Waals surface area (Å²) in [4.78, 5) is 25.9. The Balaban J connectivity index is 2.25. The van der Waals surface area contributed by atoms with Gasteiger partial charge in [0.25, 0.3) is 5.91 Å². The van der Waals surface area contributed by atoms with Crippen LogP contribution in [0.3, 0.4) is 0 Å². The van der Waals surface area contributed by atoms with Crippen molar-refractivity contribution in [1.29, 1.82) is 0 Å². The van der Waals surface area contributed by atoms with Gasteiger partial charge in [-0.3, -0.25) is 9.59 Å². The zero-order valence-electron chi connectivity index (χ0n) is 15.5. The Morgan fingerprint density at radius 1 is 1.19 bits per heavy atom. The van der Waals surface area contributed by atoms with E-state index in [1.807, 2.05) is 30.3 Å². The summed E-state index contributed by atoms with van der Waals surface area (Å²) in [6.07, 6.45) is 1.22. The maximum Gasteiger partial charge on any atom is 0.252 e. The van der Waals surface area contributed by atoms with Crippen LogP contribution in [0, 0.1) is 0 Å². The first-order chi connectivity index (χ1) is 13.0. The Bertz CT molecular complexity index is 790. The number of nitrogens with zero attached hydrogens (tertiary/aromatic N) is 1. The first-order valence-corrected chi connectivity index (χ1v) is 8.45. The summed E-state index contributed by atoms with van der Waals surface area (Å²) in [5.41, 5.74) is 0.741. The van der Waals surface area contributed by atoms with E-state index in [1.165, 1.54) is 18.1 Å². The van der Waals surface area contributed by atoms with Crippen LogP contribution in [0.25, 0.3) is 0 Å². The second kappa shape index (κ2) is 9.12. The Morgan fingerprint density at radius 3 is 2.33 bits per heavy atom. The zero-order valence-corrected chi connectivity index (χ0v) is 15.5. The van der Waals surface area contributed by atoms with E-state index in [9.17, 15) is 14.7 Å². The molecule has 2 aromatic carbocycles. The average Bonchev–Trinajstić information content (AvgIpc) is 2.72. The molecule has 0 aliphatic heterocycles. The molecule has 2 aromatic rings. The standard InChI is InChI=1S/C21H24N2O4/c1-4-19(25)23(2)18-12-10-16(11-13-18)20(26)22-21(14-24,15-27-3)17-8-6-5-7-9-17/h4-13,24H,1,14-15H2,2-3H3,(H,22,26). The SMILES string of the molecule is C=CC(=O)N(C)c1ccc(C(=O)NC(CO)(COC)c2ccccc2)cc1. The molecule has 0 heterocycles. The van der Waals surface area contributed by atoms with Crippen molar-refractivity contribution in [3.63, 3.8) is 0 Å². The van der Waals surface area contributed by atoms with Gasteiger partial charge in [0.15, 0.2) is 0 Å². The predicted molar refractivity (Wildman–Crippen MR) is 105 cm³/mol. The van der Waals surface area contributed by atoms with Gasteiger partial charge in [-0.25, -0.2) is 0 Å². The number of carbonyl (C=O) groups excluding carboxylic acids is 2. The number of aliphatic hydroxyl groups excluding tert-OH is 1. The second-order valence-corrected chi connectivity index (χ2v) is 6.14. The van der Waals surface area contributed by atoms with E-state index >= 15 is 0 Å². The number of carbonyl (C=O) groups is 2. The molecule has 0 bridgehead atoms. The zero-order chi connectivity index (χ0) is 19.9. The number of anilines is 1. The van der Waals surface area contributed by atoms with Crippen LogP contribution in [0.5, 0.6) is 0 Å². The minimum absolute atomic E-state index is 0.119. The van der Waals surface area contributed by atoms with Crippen molar-refractivity contribution in [1.82, 2.24) is 5.32 Å². The molecular formula is C21H24N2O4. The summed E-state index contributed by atoms with van der Waals surface area (Å²) >= 11 is 0. The van der Waals surface area contributed by atoms with E-state index in [4.69, 9.17) is 4.74 Å². The highest BCUT2D eigenvalue weighted by atomic mass is 16.5. The van der Waals surface area contributed by atoms with Crippen LogP contribution < -0.4 is 10.2 Å². The molecule has 0 saturated carbocycles. The van der Waals surface area contributed by atoms with E-state index in [-0.39, 0.29) is 25.0 Å². The lowest BCUT2D eigenvalue weighted by molar-refractivity contribution is -0.113. The minimum Gasteiger partial charge on any atom is -0.393 e. The van der Waals surface area contributed by atoms with Gasteiger partial charge >= 0.3 is 0 Å². The molecule has 0 aliphatic carbocycles. The number of benzene rings is 2. The normalized spacial score (nSPS) is 12.7. The molecule has 142 valence electrons. The quantitative estimate of drug-likeness (QED) is 0.700. The van der Waals surface area contributed by atoms with Crippen LogP contribution in [-0.4, -0.2) is 44.3 Å². The minimum atomic E-state index is -1.05. The number of hydrogen-bond acceptors (Lipinski definition) is 4. The van der Waals surface area contributed by atoms with Crippen LogP contribution in [-0.2, 0) is 15.1 Å². The van der Waals surface area contributed by atoms with Crippen LogP contribution in [0.15, 0.2) is 67.3 Å². The average molecular weight is 368 g/mol. The maximum absolute atomic E-state index is 12.8. The molecule has 0 spiro atoms. The van der Waals surface area contributed by atoms with Crippen LogP contribution in [0.2, 0.25) is 0 Å². The summed E-state index contributed by atoms with van der Waals surface area (Å²) in [6.45, 7) is 3.26. The summed E-state index contributed by atoms with van der Waals surface area (Å²) in [6, 6.07) is 15.8. The number of methoxy groups -OCH3 is 1. The smallest absolute Gasteiger partial charge is 0.252 e. The first-order valence-electron chi connectivity index (χ1n) is 8.45. The molecule has 0 aromatic heterocycles. The van der Waals surface area contributed by atoms with Crippen molar-refractivity contribution in [2.75, 3.05) is 32.3 Å². The van der Waals surface area contributed by atoms with Crippen LogP contribution in [0.4, 0.5) is 5.69 Å². The van der Waals surface area contributed by atoms with Gasteiger partial charge < -0.3 is 20.1 Å². The molecule has 0 radical (unpaired) electrons. The van der Waals surface area contributed by atoms with Gasteiger partial charge in [0, 0.05) is 25.4 Å². The fraction of sp³-hybridized carbons (Fsp3) is 0.238. The highest BCUT2D eigenvalue weighted by molar-refractivity contribution is 6.01. The monoisotopic (exact) mass is 368 g/mol. The largest absolute Gasteiger partial charge is 0.393 e. The summed E-state index contributed by atoms with van der Waals surface area (Å²) < 4.78 is 5.25. The lowest BCUT2D eigenvalue weighted by atomic mass is 9.91. The molecule has 0 saturated heterocycles. The Morgan fingerprint density at radius 2 is 1.81 bits per heavy atom. The molecule has 2 amide bonds. The second-order valence-electron chi connectivity index (χ2n) is 6.14. The third kappa shape index (κ3) is 4.61. The van der Waals surface area contributed by atoms with Crippen molar-refractivity contribution < 1.29 is 19.4 Å². The van der Waals surface area contributed by atoms with Gasteiger partial charge in [-0.1, -0.05) is 36.9 Å². The fourth-order valence-corrected chi connectivity index (χ4v) is 2.76. The van der Waals surface area contributed by atoms with E-state index in [1.54, 1.807) is 31.3 Å². The third-order valence-corrected chi connectivity index (χ3v) is 4.36. The number of aliphatic hydroxyl groups is 1. The number of rotatable bonds is 8. The molecule has 27 heavy (non-hydrogen) atoms. The Hall–Kier alpha value is -2.96. The third-order valence-electron chi connectivity index (χ3n) is 4.36. The number of amides is 2. The predicted octanol–water partition coefficient (Wildman–Crippen LogP) is 2.10. The van der Waals surface area contributed by atoms with Gasteiger partial charge in [0.2, 0.25) is 5.91 Å². The number of likely N-dealkylation sites (N-methyl/N-ethyl adjacent to an activating group) is 1. The summed E-state index contributed by atoms with van der Waals surface area (Å²) in [5.74, 6) is -0.593. The van der Waals surface area contributed by atoms with E-state index in [0.717, 1.165) is 5.56 Å². The molecule has 2 rings (SSSR count). The van der Waals surface area contributed by atoms with Crippen molar-refractivity contribution >= 4 is 17.5 Å². The number of nitrogens with one attached hydrogen (secondary N) is 1. The van der Waals surface area contributed by atoms with Gasteiger partial charge in [-0.05, 0) is 35.9 Å². The van der Waals surface area contributed by atoms with Crippen molar-refractivity contribution in [3.05, 3.63) is 78.4 Å². The Labute approximate surface area is 159 Å². The van der Waals surface area contributed by atoms with Crippen molar-refractivity contribution in [2.24, 2.45) is 0 Å². The molecule has 6 nitrogen and oxygen atoms in total. The van der Waals surface area contributed by atoms with Crippen molar-refractivity contribution in [2.45, 2.75) is 5.54 Å². The molecule has 6 heteroatoms. The Kier molecular flexibility index (Phi) is 6.87.